The summed E-state index contributed by atoms with van der Waals surface area (Å²) in [4.78, 5) is 2.42. The van der Waals surface area contributed by atoms with Crippen molar-refractivity contribution >= 4 is 0 Å². The van der Waals surface area contributed by atoms with Crippen LogP contribution in [0.4, 0.5) is 0 Å². The molecule has 3 fully saturated rings. The summed E-state index contributed by atoms with van der Waals surface area (Å²) < 4.78 is 16.8. The maximum atomic E-state index is 11.1. The van der Waals surface area contributed by atoms with E-state index in [1.165, 1.54) is 6.42 Å². The average Bonchev–Trinajstić information content (AvgIpc) is 2.81. The lowest BCUT2D eigenvalue weighted by atomic mass is 9.70. The van der Waals surface area contributed by atoms with Gasteiger partial charge in [-0.15, -0.1) is 0 Å². The number of rotatable bonds is 1. The van der Waals surface area contributed by atoms with Crippen molar-refractivity contribution in [1.29, 1.82) is 0 Å². The molecule has 1 heterocycles. The van der Waals surface area contributed by atoms with Crippen molar-refractivity contribution in [3.63, 3.8) is 0 Å². The van der Waals surface area contributed by atoms with E-state index < -0.39 is 0 Å². The molecule has 5 nitrogen and oxygen atoms in total. The maximum absolute atomic E-state index is 11.1. The number of ether oxygens (including phenoxy) is 3. The van der Waals surface area contributed by atoms with Crippen molar-refractivity contribution < 1.29 is 19.3 Å². The van der Waals surface area contributed by atoms with Crippen LogP contribution >= 0.6 is 0 Å². The molecule has 1 N–H and O–H groups in total. The van der Waals surface area contributed by atoms with Gasteiger partial charge in [0.15, 0.2) is 0 Å². The van der Waals surface area contributed by atoms with Crippen molar-refractivity contribution in [2.45, 2.75) is 45.8 Å². The van der Waals surface area contributed by atoms with Crippen LogP contribution in [0.1, 0.15) is 33.6 Å². The van der Waals surface area contributed by atoms with Gasteiger partial charge in [-0.05, 0) is 24.2 Å². The Morgan fingerprint density at radius 2 is 1.39 bits per heavy atom. The minimum atomic E-state index is -0.257. The summed E-state index contributed by atoms with van der Waals surface area (Å²) in [6.45, 7) is 12.6. The molecular formula is C18H33NO4. The van der Waals surface area contributed by atoms with Gasteiger partial charge in [-0.2, -0.15) is 0 Å². The lowest BCUT2D eigenvalue weighted by molar-refractivity contribution is -0.0537. The van der Waals surface area contributed by atoms with Crippen molar-refractivity contribution in [3.05, 3.63) is 0 Å². The van der Waals surface area contributed by atoms with Gasteiger partial charge in [0.05, 0.1) is 45.7 Å². The van der Waals surface area contributed by atoms with Crippen LogP contribution in [0.2, 0.25) is 0 Å². The highest BCUT2D eigenvalue weighted by Gasteiger charge is 2.66. The lowest BCUT2D eigenvalue weighted by Gasteiger charge is -2.40. The number of nitrogens with zero attached hydrogens (tertiary/aromatic N) is 1. The van der Waals surface area contributed by atoms with Gasteiger partial charge in [-0.1, -0.05) is 20.8 Å². The van der Waals surface area contributed by atoms with Gasteiger partial charge in [0.25, 0.3) is 0 Å². The van der Waals surface area contributed by atoms with Crippen LogP contribution in [0.15, 0.2) is 0 Å². The summed E-state index contributed by atoms with van der Waals surface area (Å²) in [5.41, 5.74) is 0.220. The van der Waals surface area contributed by atoms with E-state index in [0.29, 0.717) is 45.6 Å². The molecule has 23 heavy (non-hydrogen) atoms. The van der Waals surface area contributed by atoms with Crippen LogP contribution in [-0.2, 0) is 14.2 Å². The first-order valence-corrected chi connectivity index (χ1v) is 9.14. The second-order valence-corrected chi connectivity index (χ2v) is 8.09. The van der Waals surface area contributed by atoms with Gasteiger partial charge in [0.1, 0.15) is 0 Å². The van der Waals surface area contributed by atoms with Crippen LogP contribution in [-0.4, -0.2) is 74.9 Å². The highest BCUT2D eigenvalue weighted by Crippen LogP contribution is 2.66. The normalized spacial score (nSPS) is 43.0. The third kappa shape index (κ3) is 3.07. The molecule has 0 amide bonds. The molecule has 0 aromatic carbocycles. The molecule has 0 aromatic heterocycles. The van der Waals surface area contributed by atoms with Gasteiger partial charge in [0, 0.05) is 24.5 Å². The molecular weight excluding hydrogens is 294 g/mol. The first-order chi connectivity index (χ1) is 11.0. The molecule has 2 bridgehead atoms. The Bertz CT molecular complexity index is 390. The number of aliphatic hydroxyl groups is 1. The number of hydrogen-bond donors (Lipinski definition) is 1. The Morgan fingerprint density at radius 1 is 0.870 bits per heavy atom. The van der Waals surface area contributed by atoms with Crippen molar-refractivity contribution in [3.8, 4) is 0 Å². The monoisotopic (exact) mass is 327 g/mol. The van der Waals surface area contributed by atoms with Crippen molar-refractivity contribution in [1.82, 2.24) is 4.90 Å². The SMILES string of the molecule is CC1(C)[C@@H]2CC[C@@]1(C)[C@H](O)[C@@H]2N1CCOCCOCCOCC1. The zero-order valence-corrected chi connectivity index (χ0v) is 14.9. The second kappa shape index (κ2) is 6.96. The molecule has 2 aliphatic carbocycles. The zero-order valence-electron chi connectivity index (χ0n) is 14.9. The van der Waals surface area contributed by atoms with E-state index in [0.717, 1.165) is 19.5 Å². The number of fused-ring (bicyclic) bond motifs is 2. The molecule has 4 atom stereocenters. The summed E-state index contributed by atoms with van der Waals surface area (Å²) in [5.74, 6) is 0.554. The molecule has 3 aliphatic rings. The van der Waals surface area contributed by atoms with E-state index in [1.54, 1.807) is 0 Å². The van der Waals surface area contributed by atoms with E-state index >= 15 is 0 Å². The smallest absolute Gasteiger partial charge is 0.0756 e. The van der Waals surface area contributed by atoms with Gasteiger partial charge in [-0.25, -0.2) is 0 Å². The topological polar surface area (TPSA) is 51.2 Å². The third-order valence-corrected chi connectivity index (χ3v) is 6.97. The van der Waals surface area contributed by atoms with Crippen LogP contribution < -0.4 is 0 Å². The summed E-state index contributed by atoms with van der Waals surface area (Å²) in [6.07, 6.45) is 2.10. The molecule has 0 spiro atoms. The van der Waals surface area contributed by atoms with E-state index in [4.69, 9.17) is 14.2 Å². The van der Waals surface area contributed by atoms with E-state index in [-0.39, 0.29) is 23.0 Å². The Morgan fingerprint density at radius 3 is 1.87 bits per heavy atom. The fraction of sp³-hybridized carbons (Fsp3) is 1.00. The Hall–Kier alpha value is -0.200. The standard InChI is InChI=1S/C18H33NO4/c1-17(2)14-4-5-18(17,3)16(20)15(14)19-6-8-21-10-12-23-13-11-22-9-7-19/h14-16,20H,4-13H2,1-3H3/t14-,15-,16-,18+/m1/s1. The van der Waals surface area contributed by atoms with Crippen LogP contribution in [0.5, 0.6) is 0 Å². The van der Waals surface area contributed by atoms with Crippen molar-refractivity contribution in [2.24, 2.45) is 16.7 Å². The van der Waals surface area contributed by atoms with Gasteiger partial charge in [-0.3, -0.25) is 4.90 Å². The largest absolute Gasteiger partial charge is 0.391 e. The molecule has 1 saturated heterocycles. The average molecular weight is 327 g/mol. The Kier molecular flexibility index (Phi) is 5.33. The minimum absolute atomic E-state index is 0.0293. The van der Waals surface area contributed by atoms with E-state index in [1.807, 2.05) is 0 Å². The maximum Gasteiger partial charge on any atom is 0.0756 e. The summed E-state index contributed by atoms with van der Waals surface area (Å²) in [6, 6.07) is 0.232. The highest BCUT2D eigenvalue weighted by atomic mass is 16.5. The summed E-state index contributed by atoms with van der Waals surface area (Å²) >= 11 is 0. The van der Waals surface area contributed by atoms with Gasteiger partial charge in [0.2, 0.25) is 0 Å². The fourth-order valence-corrected chi connectivity index (χ4v) is 5.06. The molecule has 2 saturated carbocycles. The lowest BCUT2D eigenvalue weighted by Crippen LogP contribution is -2.51. The van der Waals surface area contributed by atoms with E-state index in [2.05, 4.69) is 25.7 Å². The van der Waals surface area contributed by atoms with Crippen LogP contribution in [0.3, 0.4) is 0 Å². The number of hydrogen-bond acceptors (Lipinski definition) is 5. The predicted molar refractivity (Wildman–Crippen MR) is 88.4 cm³/mol. The van der Waals surface area contributed by atoms with E-state index in [9.17, 15) is 5.11 Å². The Labute approximate surface area is 140 Å². The fourth-order valence-electron chi connectivity index (χ4n) is 5.06. The molecule has 0 unspecified atom stereocenters. The van der Waals surface area contributed by atoms with Crippen LogP contribution in [0.25, 0.3) is 0 Å². The molecule has 0 radical (unpaired) electrons. The first kappa shape index (κ1) is 17.6. The molecule has 1 aliphatic heterocycles. The van der Waals surface area contributed by atoms with Gasteiger partial charge >= 0.3 is 0 Å². The molecule has 134 valence electrons. The highest BCUT2D eigenvalue weighted by molar-refractivity contribution is 5.17. The first-order valence-electron chi connectivity index (χ1n) is 9.14. The predicted octanol–water partition coefficient (Wildman–Crippen LogP) is 1.54. The minimum Gasteiger partial charge on any atom is -0.391 e. The quantitative estimate of drug-likeness (QED) is 0.792. The molecule has 5 heteroatoms. The summed E-state index contributed by atoms with van der Waals surface area (Å²) in [5, 5.41) is 11.1. The summed E-state index contributed by atoms with van der Waals surface area (Å²) in [7, 11) is 0. The Balaban J connectivity index is 1.70. The zero-order chi connectivity index (χ0) is 16.5. The second-order valence-electron chi connectivity index (χ2n) is 8.09. The number of aliphatic hydroxyl groups excluding tert-OH is 1. The molecule has 0 aromatic rings. The van der Waals surface area contributed by atoms with Crippen LogP contribution in [0, 0.1) is 16.7 Å². The molecule has 3 rings (SSSR count). The van der Waals surface area contributed by atoms with Crippen molar-refractivity contribution in [2.75, 3.05) is 52.7 Å². The third-order valence-electron chi connectivity index (χ3n) is 6.97. The van der Waals surface area contributed by atoms with Gasteiger partial charge < -0.3 is 19.3 Å².